The van der Waals surface area contributed by atoms with Crippen LogP contribution in [0.1, 0.15) is 25.8 Å². The van der Waals surface area contributed by atoms with E-state index in [1.54, 1.807) is 0 Å². The van der Waals surface area contributed by atoms with Gasteiger partial charge in [0, 0.05) is 28.5 Å². The Labute approximate surface area is 120 Å². The van der Waals surface area contributed by atoms with Crippen molar-refractivity contribution >= 4 is 38.5 Å². The first-order chi connectivity index (χ1) is 9.06. The van der Waals surface area contributed by atoms with Crippen molar-refractivity contribution in [3.05, 3.63) is 34.4 Å². The second-order valence-corrected chi connectivity index (χ2v) is 5.33. The van der Waals surface area contributed by atoms with E-state index in [4.69, 9.17) is 0 Å². The number of rotatable bonds is 4. The predicted molar refractivity (Wildman–Crippen MR) is 79.2 cm³/mol. The van der Waals surface area contributed by atoms with Gasteiger partial charge in [0.1, 0.15) is 0 Å². The van der Waals surface area contributed by atoms with E-state index in [1.807, 2.05) is 25.3 Å². The smallest absolute Gasteiger partial charge is 0.331 e. The third-order valence-electron chi connectivity index (χ3n) is 2.82. The largest absolute Gasteiger partial charge is 0.361 e. The maximum Gasteiger partial charge on any atom is 0.331 e. The molecule has 1 aromatic heterocycles. The molecule has 0 amide bonds. The summed E-state index contributed by atoms with van der Waals surface area (Å²) in [6.07, 6.45) is 3.62. The molecule has 0 bridgehead atoms. The highest BCUT2D eigenvalue weighted by atomic mass is 79.9. The van der Waals surface area contributed by atoms with Gasteiger partial charge < -0.3 is 9.82 Å². The molecule has 2 rings (SSSR count). The molecule has 100 valence electrons. The van der Waals surface area contributed by atoms with Gasteiger partial charge in [-0.3, -0.25) is 0 Å². The Balaban J connectivity index is 2.07. The number of hydrogen-bond acceptors (Lipinski definition) is 3. The minimum absolute atomic E-state index is 0.393. The third-order valence-corrected chi connectivity index (χ3v) is 3.31. The molecule has 0 radical (unpaired) electrons. The highest BCUT2D eigenvalue weighted by Gasteiger charge is 2.05. The second-order valence-electron chi connectivity index (χ2n) is 4.41. The van der Waals surface area contributed by atoms with Crippen LogP contribution in [0.2, 0.25) is 0 Å². The Hall–Kier alpha value is -1.62. The van der Waals surface area contributed by atoms with Crippen molar-refractivity contribution in [1.29, 1.82) is 0 Å². The van der Waals surface area contributed by atoms with Crippen LogP contribution in [0, 0.1) is 0 Å². The van der Waals surface area contributed by atoms with Crippen molar-refractivity contribution in [1.82, 2.24) is 4.98 Å². The van der Waals surface area contributed by atoms with E-state index in [0.29, 0.717) is 0 Å². The highest BCUT2D eigenvalue weighted by molar-refractivity contribution is 9.10. The number of carbonyl (C=O) groups is 1. The van der Waals surface area contributed by atoms with Crippen LogP contribution in [0.15, 0.2) is 34.0 Å². The molecule has 0 saturated heterocycles. The third kappa shape index (κ3) is 3.67. The zero-order valence-electron chi connectivity index (χ0n) is 10.9. The fourth-order valence-corrected chi connectivity index (χ4v) is 2.22. The molecule has 0 aliphatic heterocycles. The van der Waals surface area contributed by atoms with Crippen LogP contribution in [-0.2, 0) is 16.1 Å². The number of hydrogen-bond donors (Lipinski definition) is 1. The van der Waals surface area contributed by atoms with Gasteiger partial charge >= 0.3 is 5.97 Å². The van der Waals surface area contributed by atoms with Crippen LogP contribution in [0.5, 0.6) is 0 Å². The maximum absolute atomic E-state index is 10.7. The van der Waals surface area contributed by atoms with E-state index in [-0.39, 0.29) is 0 Å². The summed E-state index contributed by atoms with van der Waals surface area (Å²) in [6.45, 7) is 3.20. The summed E-state index contributed by atoms with van der Waals surface area (Å²) in [5.41, 5.74) is 3.15. The number of aromatic nitrogens is 1. The minimum Gasteiger partial charge on any atom is -0.361 e. The van der Waals surface area contributed by atoms with Crippen LogP contribution < -0.4 is 0 Å². The Morgan fingerprint density at radius 2 is 2.21 bits per heavy atom. The first kappa shape index (κ1) is 13.8. The van der Waals surface area contributed by atoms with Crippen LogP contribution in [-0.4, -0.2) is 16.7 Å². The monoisotopic (exact) mass is 322 g/mol. The van der Waals surface area contributed by atoms with Crippen LogP contribution in [0.25, 0.3) is 10.9 Å². The number of carbonyl (C=O) groups excluding carboxylic acids is 1. The van der Waals surface area contributed by atoms with Crippen LogP contribution in [0.3, 0.4) is 0 Å². The van der Waals surface area contributed by atoms with Gasteiger partial charge in [-0.2, -0.15) is 0 Å². The molecule has 0 spiro atoms. The van der Waals surface area contributed by atoms with E-state index in [0.717, 1.165) is 28.5 Å². The number of H-pyrrole nitrogens is 1. The molecular weight excluding hydrogens is 308 g/mol. The maximum atomic E-state index is 10.7. The molecule has 0 saturated carbocycles. The lowest BCUT2D eigenvalue weighted by atomic mass is 10.1. The Morgan fingerprint density at radius 1 is 1.42 bits per heavy atom. The van der Waals surface area contributed by atoms with Crippen LogP contribution in [0.4, 0.5) is 0 Å². The van der Waals surface area contributed by atoms with Gasteiger partial charge in [0.2, 0.25) is 0 Å². The fourth-order valence-electron chi connectivity index (χ4n) is 1.86. The number of halogens is 1. The van der Waals surface area contributed by atoms with Gasteiger partial charge in [-0.15, -0.1) is 0 Å². The van der Waals surface area contributed by atoms with Crippen LogP contribution >= 0.6 is 15.9 Å². The Morgan fingerprint density at radius 3 is 2.95 bits per heavy atom. The van der Waals surface area contributed by atoms with Crippen molar-refractivity contribution in [2.24, 2.45) is 5.16 Å². The summed E-state index contributed by atoms with van der Waals surface area (Å²) >= 11 is 3.48. The highest BCUT2D eigenvalue weighted by Crippen LogP contribution is 2.23. The molecule has 1 aromatic carbocycles. The number of fused-ring (bicyclic) bond motifs is 1. The van der Waals surface area contributed by atoms with Crippen molar-refractivity contribution in [2.45, 2.75) is 26.7 Å². The summed E-state index contributed by atoms with van der Waals surface area (Å²) in [6, 6.07) is 6.15. The number of nitrogens with one attached hydrogen (secondary N) is 1. The molecule has 1 N–H and O–H groups in total. The van der Waals surface area contributed by atoms with Crippen molar-refractivity contribution < 1.29 is 9.63 Å². The molecule has 0 unspecified atom stereocenters. The summed E-state index contributed by atoms with van der Waals surface area (Å²) < 4.78 is 1.06. The quantitative estimate of drug-likeness (QED) is 0.528. The minimum atomic E-state index is -0.393. The number of nitrogens with zero attached hydrogens (tertiary/aromatic N) is 1. The standard InChI is InChI=1S/C14H15BrN2O2/c1-9(17-19-10(2)18)3-4-11-8-16-14-6-5-12(15)7-13(11)14/h5-8,16H,3-4H2,1-2H3/b17-9+. The van der Waals surface area contributed by atoms with Gasteiger partial charge in [-0.05, 0) is 43.5 Å². The van der Waals surface area contributed by atoms with Crippen molar-refractivity contribution in [3.8, 4) is 0 Å². The van der Waals surface area contributed by atoms with Crippen molar-refractivity contribution in [2.75, 3.05) is 0 Å². The Kier molecular flexibility index (Phi) is 4.37. The van der Waals surface area contributed by atoms with Gasteiger partial charge in [0.05, 0.1) is 5.71 Å². The lowest BCUT2D eigenvalue weighted by Crippen LogP contribution is -1.99. The molecule has 19 heavy (non-hydrogen) atoms. The Bertz CT molecular complexity index is 631. The van der Waals surface area contributed by atoms with E-state index >= 15 is 0 Å². The molecule has 2 aromatic rings. The molecule has 0 aliphatic rings. The molecule has 1 heterocycles. The summed E-state index contributed by atoms with van der Waals surface area (Å²) in [4.78, 5) is 18.5. The van der Waals surface area contributed by atoms with Gasteiger partial charge in [-0.1, -0.05) is 21.1 Å². The SMILES string of the molecule is CC(=O)O/N=C(\C)CCc1c[nH]c2ccc(Br)cc12. The fraction of sp³-hybridized carbons (Fsp3) is 0.286. The average molecular weight is 323 g/mol. The molecule has 4 nitrogen and oxygen atoms in total. The first-order valence-corrected chi connectivity index (χ1v) is 6.82. The molecule has 0 atom stereocenters. The summed E-state index contributed by atoms with van der Waals surface area (Å²) in [7, 11) is 0. The molecule has 5 heteroatoms. The van der Waals surface area contributed by atoms with E-state index in [2.05, 4.69) is 37.0 Å². The molecule has 0 aliphatic carbocycles. The lowest BCUT2D eigenvalue weighted by molar-refractivity contribution is -0.140. The van der Waals surface area contributed by atoms with E-state index in [1.165, 1.54) is 17.9 Å². The van der Waals surface area contributed by atoms with Gasteiger partial charge in [0.25, 0.3) is 0 Å². The normalized spacial score (nSPS) is 11.8. The van der Waals surface area contributed by atoms with Gasteiger partial charge in [-0.25, -0.2) is 4.79 Å². The van der Waals surface area contributed by atoms with Gasteiger partial charge in [0.15, 0.2) is 0 Å². The predicted octanol–water partition coefficient (Wildman–Crippen LogP) is 3.80. The van der Waals surface area contributed by atoms with Crippen molar-refractivity contribution in [3.63, 3.8) is 0 Å². The first-order valence-electron chi connectivity index (χ1n) is 6.03. The topological polar surface area (TPSA) is 54.4 Å². The average Bonchev–Trinajstić information content (AvgIpc) is 2.76. The molecular formula is C14H15BrN2O2. The van der Waals surface area contributed by atoms with E-state index < -0.39 is 5.97 Å². The van der Waals surface area contributed by atoms with E-state index in [9.17, 15) is 4.79 Å². The molecule has 0 fully saturated rings. The number of benzene rings is 1. The number of aryl methyl sites for hydroxylation is 1. The number of aromatic amines is 1. The summed E-state index contributed by atoms with van der Waals surface area (Å²) in [5.74, 6) is -0.393. The summed E-state index contributed by atoms with van der Waals surface area (Å²) in [5, 5.41) is 4.97. The lowest BCUT2D eigenvalue weighted by Gasteiger charge is -2.00. The number of oxime groups is 1. The second kappa shape index (κ2) is 6.02. The zero-order chi connectivity index (χ0) is 13.8. The zero-order valence-corrected chi connectivity index (χ0v) is 12.5.